The lowest BCUT2D eigenvalue weighted by Gasteiger charge is -2.27. The molecule has 0 radical (unpaired) electrons. The lowest BCUT2D eigenvalue weighted by atomic mass is 9.82. The number of anilines is 1. The minimum Gasteiger partial charge on any atom is -0.322 e. The van der Waals surface area contributed by atoms with Gasteiger partial charge in [-0.15, -0.1) is 0 Å². The van der Waals surface area contributed by atoms with Gasteiger partial charge in [0.1, 0.15) is 0 Å². The van der Waals surface area contributed by atoms with Crippen molar-refractivity contribution in [3.05, 3.63) is 35.5 Å². The van der Waals surface area contributed by atoms with Crippen molar-refractivity contribution in [3.8, 4) is 0 Å². The highest BCUT2D eigenvalue weighted by Crippen LogP contribution is 2.39. The maximum absolute atomic E-state index is 5.64. The molecule has 0 amide bonds. The second-order valence-corrected chi connectivity index (χ2v) is 5.04. The Morgan fingerprint density at radius 2 is 2.22 bits per heavy atom. The van der Waals surface area contributed by atoms with Gasteiger partial charge in [-0.25, -0.2) is 0 Å². The number of benzene rings is 1. The van der Waals surface area contributed by atoms with Gasteiger partial charge in [-0.3, -0.25) is 10.8 Å². The Morgan fingerprint density at radius 3 is 2.83 bits per heavy atom. The number of aryl methyl sites for hydroxylation is 1. The quantitative estimate of drug-likeness (QED) is 0.640. The highest BCUT2D eigenvalue weighted by Gasteiger charge is 2.24. The maximum atomic E-state index is 5.64. The monoisotopic (exact) mass is 241 g/mol. The molecule has 1 heterocycles. The van der Waals surface area contributed by atoms with E-state index in [0.717, 1.165) is 23.3 Å². The molecule has 0 atom stereocenters. The SMILES string of the molecule is CCc1cccc2cc(NN)c(C3CCC3)nc12. The Hall–Kier alpha value is -1.61. The molecule has 0 aliphatic heterocycles. The molecule has 18 heavy (non-hydrogen) atoms. The third-order valence-electron chi connectivity index (χ3n) is 3.99. The summed E-state index contributed by atoms with van der Waals surface area (Å²) in [7, 11) is 0. The van der Waals surface area contributed by atoms with Gasteiger partial charge in [0.25, 0.3) is 0 Å². The summed E-state index contributed by atoms with van der Waals surface area (Å²) in [4.78, 5) is 4.90. The number of nitrogens with one attached hydrogen (secondary N) is 1. The van der Waals surface area contributed by atoms with Gasteiger partial charge in [0.2, 0.25) is 0 Å². The van der Waals surface area contributed by atoms with Crippen LogP contribution < -0.4 is 11.3 Å². The topological polar surface area (TPSA) is 50.9 Å². The van der Waals surface area contributed by atoms with Gasteiger partial charge in [-0.05, 0) is 30.9 Å². The van der Waals surface area contributed by atoms with Crippen molar-refractivity contribution in [2.75, 3.05) is 5.43 Å². The van der Waals surface area contributed by atoms with Crippen LogP contribution >= 0.6 is 0 Å². The van der Waals surface area contributed by atoms with Crippen molar-refractivity contribution < 1.29 is 0 Å². The number of hydrogen-bond acceptors (Lipinski definition) is 3. The summed E-state index contributed by atoms with van der Waals surface area (Å²) in [6, 6.07) is 8.49. The van der Waals surface area contributed by atoms with E-state index in [-0.39, 0.29) is 0 Å². The lowest BCUT2D eigenvalue weighted by Crippen LogP contribution is -2.17. The van der Waals surface area contributed by atoms with Gasteiger partial charge >= 0.3 is 0 Å². The maximum Gasteiger partial charge on any atom is 0.0738 e. The van der Waals surface area contributed by atoms with Gasteiger partial charge in [0, 0.05) is 11.3 Å². The minimum absolute atomic E-state index is 0.588. The van der Waals surface area contributed by atoms with Gasteiger partial charge in [0.05, 0.1) is 16.9 Å². The first-order chi connectivity index (χ1) is 8.83. The molecule has 94 valence electrons. The Bertz CT molecular complexity index is 573. The zero-order valence-electron chi connectivity index (χ0n) is 10.7. The highest BCUT2D eigenvalue weighted by atomic mass is 15.2. The van der Waals surface area contributed by atoms with Crippen molar-refractivity contribution in [3.63, 3.8) is 0 Å². The number of rotatable bonds is 3. The first-order valence-electron chi connectivity index (χ1n) is 6.72. The summed E-state index contributed by atoms with van der Waals surface area (Å²) in [5.41, 5.74) is 7.40. The molecular formula is C15H19N3. The fourth-order valence-electron chi connectivity index (χ4n) is 2.67. The molecule has 1 aromatic heterocycles. The summed E-state index contributed by atoms with van der Waals surface area (Å²) in [6.07, 6.45) is 4.80. The summed E-state index contributed by atoms with van der Waals surface area (Å²) in [5, 5.41) is 1.17. The molecule has 1 aromatic carbocycles. The van der Waals surface area contributed by atoms with Crippen LogP contribution in [-0.2, 0) is 6.42 Å². The summed E-state index contributed by atoms with van der Waals surface area (Å²) in [6.45, 7) is 2.18. The molecule has 1 aliphatic carbocycles. The van der Waals surface area contributed by atoms with E-state index in [4.69, 9.17) is 10.8 Å². The molecule has 2 aromatic rings. The van der Waals surface area contributed by atoms with Crippen LogP contribution in [-0.4, -0.2) is 4.98 Å². The van der Waals surface area contributed by atoms with E-state index in [2.05, 4.69) is 36.6 Å². The summed E-state index contributed by atoms with van der Waals surface area (Å²) in [5.74, 6) is 6.23. The van der Waals surface area contributed by atoms with Crippen LogP contribution in [0.15, 0.2) is 24.3 Å². The van der Waals surface area contributed by atoms with Gasteiger partial charge in [-0.2, -0.15) is 0 Å². The lowest BCUT2D eigenvalue weighted by molar-refractivity contribution is 0.413. The van der Waals surface area contributed by atoms with E-state index in [1.807, 2.05) is 0 Å². The smallest absolute Gasteiger partial charge is 0.0738 e. The summed E-state index contributed by atoms with van der Waals surface area (Å²) < 4.78 is 0. The predicted molar refractivity (Wildman–Crippen MR) is 75.5 cm³/mol. The average Bonchev–Trinajstić information content (AvgIpc) is 2.35. The highest BCUT2D eigenvalue weighted by molar-refractivity contribution is 5.85. The Labute approximate surface area is 107 Å². The first kappa shape index (κ1) is 11.5. The Morgan fingerprint density at radius 1 is 1.39 bits per heavy atom. The average molecular weight is 241 g/mol. The molecule has 1 aliphatic rings. The molecule has 3 heteroatoms. The number of nitrogens with two attached hydrogens (primary N) is 1. The van der Waals surface area contributed by atoms with Crippen molar-refractivity contribution in [1.82, 2.24) is 4.98 Å². The summed E-state index contributed by atoms with van der Waals surface area (Å²) >= 11 is 0. The van der Waals surface area contributed by atoms with E-state index in [9.17, 15) is 0 Å². The molecule has 3 nitrogen and oxygen atoms in total. The second kappa shape index (κ2) is 4.58. The molecule has 3 N–H and O–H groups in total. The van der Waals surface area contributed by atoms with Crippen LogP contribution in [0.4, 0.5) is 5.69 Å². The predicted octanol–water partition coefficient (Wildman–Crippen LogP) is 3.35. The number of para-hydroxylation sites is 1. The van der Waals surface area contributed by atoms with Crippen molar-refractivity contribution in [2.24, 2.45) is 5.84 Å². The first-order valence-corrected chi connectivity index (χ1v) is 6.72. The van der Waals surface area contributed by atoms with E-state index >= 15 is 0 Å². The largest absolute Gasteiger partial charge is 0.322 e. The van der Waals surface area contributed by atoms with Gasteiger partial charge in [-0.1, -0.05) is 31.5 Å². The number of nitrogens with zero attached hydrogens (tertiary/aromatic N) is 1. The van der Waals surface area contributed by atoms with Crippen LogP contribution in [0.1, 0.15) is 43.4 Å². The van der Waals surface area contributed by atoms with Crippen LogP contribution in [0.2, 0.25) is 0 Å². The van der Waals surface area contributed by atoms with Crippen molar-refractivity contribution >= 4 is 16.6 Å². The Balaban J connectivity index is 2.20. The normalized spacial score (nSPS) is 15.7. The molecule has 0 saturated heterocycles. The van der Waals surface area contributed by atoms with E-state index in [1.165, 1.54) is 30.2 Å². The third-order valence-corrected chi connectivity index (χ3v) is 3.99. The van der Waals surface area contributed by atoms with Crippen LogP contribution in [0.5, 0.6) is 0 Å². The molecule has 1 fully saturated rings. The van der Waals surface area contributed by atoms with Gasteiger partial charge < -0.3 is 5.43 Å². The number of hydrazine groups is 1. The minimum atomic E-state index is 0.588. The number of aromatic nitrogens is 1. The Kier molecular flexibility index (Phi) is 2.92. The van der Waals surface area contributed by atoms with Crippen LogP contribution in [0, 0.1) is 0 Å². The number of hydrogen-bond donors (Lipinski definition) is 2. The molecule has 0 unspecified atom stereocenters. The standard InChI is InChI=1S/C15H19N3/c1-2-10-5-3-8-12-9-13(18-16)15(17-14(10)12)11-6-4-7-11/h3,5,8-9,11,18H,2,4,6-7,16H2,1H3. The van der Waals surface area contributed by atoms with Crippen molar-refractivity contribution in [2.45, 2.75) is 38.5 Å². The van der Waals surface area contributed by atoms with Gasteiger partial charge in [0.15, 0.2) is 0 Å². The zero-order chi connectivity index (χ0) is 12.5. The van der Waals surface area contributed by atoms with Crippen LogP contribution in [0.25, 0.3) is 10.9 Å². The molecule has 1 saturated carbocycles. The molecule has 0 bridgehead atoms. The zero-order valence-corrected chi connectivity index (χ0v) is 10.7. The van der Waals surface area contributed by atoms with E-state index in [1.54, 1.807) is 0 Å². The molecule has 0 spiro atoms. The van der Waals surface area contributed by atoms with Crippen molar-refractivity contribution in [1.29, 1.82) is 0 Å². The van der Waals surface area contributed by atoms with E-state index in [0.29, 0.717) is 5.92 Å². The fourth-order valence-corrected chi connectivity index (χ4v) is 2.67. The van der Waals surface area contributed by atoms with Crippen LogP contribution in [0.3, 0.4) is 0 Å². The van der Waals surface area contributed by atoms with E-state index < -0.39 is 0 Å². The second-order valence-electron chi connectivity index (χ2n) is 5.04. The molecular weight excluding hydrogens is 222 g/mol. The number of nitrogen functional groups attached to an aromatic ring is 1. The fraction of sp³-hybridized carbons (Fsp3) is 0.400. The number of fused-ring (bicyclic) bond motifs is 1. The number of pyridine rings is 1. The molecule has 3 rings (SSSR count). The third kappa shape index (κ3) is 1.75.